The fraction of sp³-hybridized carbons (Fsp3) is 0.333. The summed E-state index contributed by atoms with van der Waals surface area (Å²) < 4.78 is 43.1. The number of piperidine rings is 1. The fourth-order valence-corrected chi connectivity index (χ4v) is 4.77. The summed E-state index contributed by atoms with van der Waals surface area (Å²) in [4.78, 5) is 22.6. The topological polar surface area (TPSA) is 106 Å². The van der Waals surface area contributed by atoms with Gasteiger partial charge >= 0.3 is 0 Å². The molecule has 0 aliphatic carbocycles. The van der Waals surface area contributed by atoms with Crippen molar-refractivity contribution < 1.29 is 22.1 Å². The fourth-order valence-electron chi connectivity index (χ4n) is 3.54. The van der Waals surface area contributed by atoms with E-state index in [1.54, 1.807) is 29.4 Å². The van der Waals surface area contributed by atoms with Crippen molar-refractivity contribution in [1.82, 2.24) is 20.0 Å². The van der Waals surface area contributed by atoms with Gasteiger partial charge in [0.1, 0.15) is 5.82 Å². The minimum atomic E-state index is -3.64. The monoisotopic (exact) mass is 444 g/mol. The molecule has 31 heavy (non-hydrogen) atoms. The number of carbonyl (C=O) groups is 1. The van der Waals surface area contributed by atoms with Crippen molar-refractivity contribution in [3.63, 3.8) is 0 Å². The summed E-state index contributed by atoms with van der Waals surface area (Å²) in [6.07, 6.45) is 4.54. The van der Waals surface area contributed by atoms with Crippen molar-refractivity contribution in [1.29, 1.82) is 0 Å². The van der Waals surface area contributed by atoms with Gasteiger partial charge in [-0.2, -0.15) is 4.98 Å². The van der Waals surface area contributed by atoms with E-state index >= 15 is 0 Å². The summed E-state index contributed by atoms with van der Waals surface area (Å²) in [6.45, 7) is 0.998. The highest BCUT2D eigenvalue weighted by molar-refractivity contribution is 7.91. The van der Waals surface area contributed by atoms with E-state index in [0.29, 0.717) is 37.6 Å². The van der Waals surface area contributed by atoms with Crippen molar-refractivity contribution in [3.8, 4) is 11.5 Å². The van der Waals surface area contributed by atoms with Gasteiger partial charge < -0.3 is 9.42 Å². The molecule has 0 atom stereocenters. The number of likely N-dealkylation sites (tertiary alicyclic amines) is 1. The molecular formula is C21H21FN4O4S. The smallest absolute Gasteiger partial charge is 0.258 e. The van der Waals surface area contributed by atoms with Crippen LogP contribution in [-0.4, -0.2) is 53.2 Å². The van der Waals surface area contributed by atoms with E-state index in [2.05, 4.69) is 15.1 Å². The lowest BCUT2D eigenvalue weighted by Crippen LogP contribution is -2.38. The Balaban J connectivity index is 1.30. The predicted octanol–water partition coefficient (Wildman–Crippen LogP) is 2.84. The first-order valence-electron chi connectivity index (χ1n) is 9.92. The number of pyridine rings is 1. The maximum atomic E-state index is 13.0. The van der Waals surface area contributed by atoms with Gasteiger partial charge in [0.2, 0.25) is 5.91 Å². The average molecular weight is 444 g/mol. The first-order chi connectivity index (χ1) is 14.9. The molecule has 0 unspecified atom stereocenters. The summed E-state index contributed by atoms with van der Waals surface area (Å²) in [5.41, 5.74) is 0.795. The molecule has 8 nitrogen and oxygen atoms in total. The van der Waals surface area contributed by atoms with E-state index in [1.807, 2.05) is 0 Å². The number of rotatable bonds is 6. The van der Waals surface area contributed by atoms with Crippen molar-refractivity contribution in [2.75, 3.05) is 18.8 Å². The number of halogens is 1. The van der Waals surface area contributed by atoms with Gasteiger partial charge in [0, 0.05) is 43.4 Å². The third-order valence-electron chi connectivity index (χ3n) is 5.34. The minimum absolute atomic E-state index is 0.0162. The molecule has 3 heterocycles. The first kappa shape index (κ1) is 21.1. The molecule has 0 bridgehead atoms. The molecular weight excluding hydrogens is 423 g/mol. The highest BCUT2D eigenvalue weighted by Gasteiger charge is 2.28. The molecule has 10 heteroatoms. The zero-order valence-corrected chi connectivity index (χ0v) is 17.5. The number of nitrogens with zero attached hydrogens (tertiary/aromatic N) is 4. The largest absolute Gasteiger partial charge is 0.343 e. The molecule has 0 spiro atoms. The molecule has 4 rings (SSSR count). The molecule has 162 valence electrons. The number of aromatic nitrogens is 3. The molecule has 1 aliphatic heterocycles. The Bertz CT molecular complexity index is 1140. The molecule has 1 saturated heterocycles. The third kappa shape index (κ3) is 4.96. The molecule has 1 fully saturated rings. The van der Waals surface area contributed by atoms with Crippen LogP contribution in [0.3, 0.4) is 0 Å². The Morgan fingerprint density at radius 3 is 2.45 bits per heavy atom. The molecule has 1 aromatic carbocycles. The molecule has 0 saturated carbocycles. The Labute approximate surface area is 179 Å². The van der Waals surface area contributed by atoms with Crippen LogP contribution in [-0.2, 0) is 14.6 Å². The second-order valence-corrected chi connectivity index (χ2v) is 9.48. The maximum Gasteiger partial charge on any atom is 0.258 e. The van der Waals surface area contributed by atoms with Crippen LogP contribution in [0.2, 0.25) is 0 Å². The first-order valence-corrected chi connectivity index (χ1v) is 11.6. The Kier molecular flexibility index (Phi) is 6.08. The minimum Gasteiger partial charge on any atom is -0.343 e. The number of hydrogen-bond donors (Lipinski definition) is 0. The number of hydrogen-bond acceptors (Lipinski definition) is 7. The summed E-state index contributed by atoms with van der Waals surface area (Å²) in [5.74, 6) is 0.0884. The van der Waals surface area contributed by atoms with Crippen LogP contribution in [0.5, 0.6) is 0 Å². The van der Waals surface area contributed by atoms with Crippen molar-refractivity contribution in [2.24, 2.45) is 0 Å². The molecule has 3 aromatic rings. The lowest BCUT2D eigenvalue weighted by molar-refractivity contribution is -0.131. The number of benzene rings is 1. The average Bonchev–Trinajstić information content (AvgIpc) is 3.29. The van der Waals surface area contributed by atoms with Gasteiger partial charge in [0.05, 0.1) is 10.6 Å². The van der Waals surface area contributed by atoms with Crippen LogP contribution in [0.1, 0.15) is 31.0 Å². The standard InChI is InChI=1S/C21H21FN4O4S/c22-17-1-3-18(4-2-17)31(28,29)14-9-19(27)26-12-7-15(8-13-26)20-24-21(30-25-20)16-5-10-23-11-6-16/h1-6,10-11,15H,7-9,12-14H2. The number of carbonyl (C=O) groups excluding carboxylic acids is 1. The lowest BCUT2D eigenvalue weighted by atomic mass is 9.96. The van der Waals surface area contributed by atoms with E-state index < -0.39 is 15.7 Å². The van der Waals surface area contributed by atoms with E-state index in [1.165, 1.54) is 12.1 Å². The Hall–Kier alpha value is -3.14. The van der Waals surface area contributed by atoms with Gasteiger partial charge in [0.15, 0.2) is 15.7 Å². The van der Waals surface area contributed by atoms with Crippen LogP contribution in [0, 0.1) is 5.82 Å². The maximum absolute atomic E-state index is 13.0. The Morgan fingerprint density at radius 1 is 1.10 bits per heavy atom. The van der Waals surface area contributed by atoms with Gasteiger partial charge in [-0.1, -0.05) is 5.16 Å². The lowest BCUT2D eigenvalue weighted by Gasteiger charge is -2.30. The molecule has 0 radical (unpaired) electrons. The van der Waals surface area contributed by atoms with Crippen LogP contribution in [0.25, 0.3) is 11.5 Å². The quantitative estimate of drug-likeness (QED) is 0.538. The SMILES string of the molecule is O=C(CCS(=O)(=O)c1ccc(F)cc1)N1CCC(c2noc(-c3ccncc3)n2)CC1. The molecule has 2 aromatic heterocycles. The van der Waals surface area contributed by atoms with Crippen LogP contribution < -0.4 is 0 Å². The van der Waals surface area contributed by atoms with Gasteiger partial charge in [0.25, 0.3) is 5.89 Å². The zero-order chi connectivity index (χ0) is 21.8. The van der Waals surface area contributed by atoms with E-state index in [4.69, 9.17) is 4.52 Å². The zero-order valence-electron chi connectivity index (χ0n) is 16.6. The van der Waals surface area contributed by atoms with Gasteiger partial charge in [-0.15, -0.1) is 0 Å². The second kappa shape index (κ2) is 8.93. The molecule has 1 aliphatic rings. The van der Waals surface area contributed by atoms with Crippen molar-refractivity contribution in [3.05, 3.63) is 60.4 Å². The summed E-state index contributed by atoms with van der Waals surface area (Å²) in [6, 6.07) is 8.20. The molecule has 0 N–H and O–H groups in total. The van der Waals surface area contributed by atoms with Crippen molar-refractivity contribution >= 4 is 15.7 Å². The number of amides is 1. The highest BCUT2D eigenvalue weighted by atomic mass is 32.2. The third-order valence-corrected chi connectivity index (χ3v) is 7.07. The van der Waals surface area contributed by atoms with Crippen molar-refractivity contribution in [2.45, 2.75) is 30.1 Å². The summed E-state index contributed by atoms with van der Waals surface area (Å²) >= 11 is 0. The van der Waals surface area contributed by atoms with Gasteiger partial charge in [-0.25, -0.2) is 12.8 Å². The Morgan fingerprint density at radius 2 is 1.77 bits per heavy atom. The second-order valence-electron chi connectivity index (χ2n) is 7.37. The van der Waals surface area contributed by atoms with E-state index in [0.717, 1.165) is 17.7 Å². The van der Waals surface area contributed by atoms with Crippen LogP contribution in [0.15, 0.2) is 58.2 Å². The van der Waals surface area contributed by atoms with Crippen LogP contribution in [0.4, 0.5) is 4.39 Å². The van der Waals surface area contributed by atoms with Gasteiger partial charge in [-0.3, -0.25) is 9.78 Å². The summed E-state index contributed by atoms with van der Waals surface area (Å²) in [5, 5.41) is 4.08. The van der Waals surface area contributed by atoms with Gasteiger partial charge in [-0.05, 0) is 49.2 Å². The highest BCUT2D eigenvalue weighted by Crippen LogP contribution is 2.28. The summed E-state index contributed by atoms with van der Waals surface area (Å²) in [7, 11) is -3.64. The van der Waals surface area contributed by atoms with Crippen LogP contribution >= 0.6 is 0 Å². The van der Waals surface area contributed by atoms with E-state index in [9.17, 15) is 17.6 Å². The normalized spacial score (nSPS) is 15.2. The molecule has 1 amide bonds. The number of sulfone groups is 1. The van der Waals surface area contributed by atoms with E-state index in [-0.39, 0.29) is 28.9 Å². The predicted molar refractivity (Wildman–Crippen MR) is 109 cm³/mol.